The predicted octanol–water partition coefficient (Wildman–Crippen LogP) is 5.09. The quantitative estimate of drug-likeness (QED) is 0.526. The lowest BCUT2D eigenvalue weighted by Gasteiger charge is -2.24. The van der Waals surface area contributed by atoms with Gasteiger partial charge in [-0.15, -0.1) is 0 Å². The molecule has 3 rings (SSSR count). The highest BCUT2D eigenvalue weighted by Crippen LogP contribution is 2.29. The van der Waals surface area contributed by atoms with Crippen LogP contribution >= 0.6 is 11.6 Å². The Morgan fingerprint density at radius 1 is 1.17 bits per heavy atom. The number of anilines is 1. The van der Waals surface area contributed by atoms with Crippen molar-refractivity contribution >= 4 is 23.3 Å². The molecule has 0 atom stereocenters. The second kappa shape index (κ2) is 9.30. The second-order valence-electron chi connectivity index (χ2n) is 7.41. The van der Waals surface area contributed by atoms with Gasteiger partial charge in [-0.3, -0.25) is 4.79 Å². The molecule has 0 aliphatic heterocycles. The van der Waals surface area contributed by atoms with E-state index in [1.54, 1.807) is 17.0 Å². The third-order valence-electron chi connectivity index (χ3n) is 4.83. The van der Waals surface area contributed by atoms with E-state index >= 15 is 0 Å². The van der Waals surface area contributed by atoms with Gasteiger partial charge in [-0.25, -0.2) is 9.07 Å². The molecule has 0 fully saturated rings. The van der Waals surface area contributed by atoms with Gasteiger partial charge in [-0.2, -0.15) is 5.10 Å². The van der Waals surface area contributed by atoms with Crippen molar-refractivity contribution in [3.8, 4) is 5.69 Å². The number of amides is 1. The number of nitrogens with zero attached hydrogens (tertiary/aromatic N) is 4. The summed E-state index contributed by atoms with van der Waals surface area (Å²) in [6.07, 6.45) is 0.791. The van der Waals surface area contributed by atoms with E-state index < -0.39 is 5.82 Å². The molecule has 0 unspecified atom stereocenters. The highest BCUT2D eigenvalue weighted by Gasteiger charge is 2.23. The van der Waals surface area contributed by atoms with Gasteiger partial charge in [-0.05, 0) is 49.7 Å². The first-order valence-electron chi connectivity index (χ1n) is 9.88. The summed E-state index contributed by atoms with van der Waals surface area (Å²) < 4.78 is 15.5. The van der Waals surface area contributed by atoms with E-state index in [-0.39, 0.29) is 5.91 Å². The number of benzene rings is 2. The first kappa shape index (κ1) is 21.8. The zero-order valence-corrected chi connectivity index (χ0v) is 18.4. The molecule has 1 aromatic heterocycles. The summed E-state index contributed by atoms with van der Waals surface area (Å²) in [4.78, 5) is 16.8. The van der Waals surface area contributed by atoms with E-state index in [0.29, 0.717) is 23.7 Å². The fourth-order valence-corrected chi connectivity index (χ4v) is 3.68. The molecule has 0 N–H and O–H groups in total. The van der Waals surface area contributed by atoms with Crippen molar-refractivity contribution in [3.63, 3.8) is 0 Å². The summed E-state index contributed by atoms with van der Waals surface area (Å²) >= 11 is 6.18. The minimum Gasteiger partial charge on any atom is -0.362 e. The molecule has 30 heavy (non-hydrogen) atoms. The monoisotopic (exact) mass is 428 g/mol. The van der Waals surface area contributed by atoms with Crippen LogP contribution in [0.4, 0.5) is 10.2 Å². The second-order valence-corrected chi connectivity index (χ2v) is 7.85. The minimum absolute atomic E-state index is 0.198. The van der Waals surface area contributed by atoms with Crippen LogP contribution in [-0.2, 0) is 6.54 Å². The van der Waals surface area contributed by atoms with Crippen LogP contribution in [0, 0.1) is 12.7 Å². The number of halogens is 2. The van der Waals surface area contributed by atoms with Crippen molar-refractivity contribution in [2.24, 2.45) is 0 Å². The van der Waals surface area contributed by atoms with Crippen LogP contribution in [0.15, 0.2) is 48.5 Å². The summed E-state index contributed by atoms with van der Waals surface area (Å²) in [5.74, 6) is 0.259. The smallest absolute Gasteiger partial charge is 0.254 e. The van der Waals surface area contributed by atoms with Crippen molar-refractivity contribution in [1.82, 2.24) is 14.7 Å². The molecule has 0 radical (unpaired) electrons. The van der Waals surface area contributed by atoms with Gasteiger partial charge in [-0.1, -0.05) is 30.7 Å². The Kier molecular flexibility index (Phi) is 6.77. The van der Waals surface area contributed by atoms with Crippen LogP contribution in [0.2, 0.25) is 5.02 Å². The van der Waals surface area contributed by atoms with Crippen LogP contribution < -0.4 is 4.90 Å². The van der Waals surface area contributed by atoms with Crippen LogP contribution in [-0.4, -0.2) is 41.2 Å². The maximum Gasteiger partial charge on any atom is 0.254 e. The first-order valence-corrected chi connectivity index (χ1v) is 10.3. The van der Waals surface area contributed by atoms with Gasteiger partial charge < -0.3 is 9.80 Å². The maximum absolute atomic E-state index is 13.7. The van der Waals surface area contributed by atoms with Gasteiger partial charge in [0.05, 0.1) is 17.9 Å². The lowest BCUT2D eigenvalue weighted by atomic mass is 10.1. The van der Waals surface area contributed by atoms with Gasteiger partial charge in [0.2, 0.25) is 0 Å². The Labute approximate surface area is 181 Å². The molecular weight excluding hydrogens is 403 g/mol. The fraction of sp³-hybridized carbons (Fsp3) is 0.304. The van der Waals surface area contributed by atoms with Crippen LogP contribution in [0.1, 0.15) is 35.0 Å². The van der Waals surface area contributed by atoms with Crippen LogP contribution in [0.3, 0.4) is 0 Å². The van der Waals surface area contributed by atoms with Crippen molar-refractivity contribution in [3.05, 3.63) is 76.2 Å². The minimum atomic E-state index is -0.420. The number of aryl methyl sites for hydroxylation is 1. The van der Waals surface area contributed by atoms with E-state index in [9.17, 15) is 9.18 Å². The van der Waals surface area contributed by atoms with Crippen molar-refractivity contribution in [1.29, 1.82) is 0 Å². The summed E-state index contributed by atoms with van der Waals surface area (Å²) in [5, 5.41) is 5.35. The number of aromatic nitrogens is 2. The third kappa shape index (κ3) is 4.65. The molecule has 7 heteroatoms. The summed E-state index contributed by atoms with van der Waals surface area (Å²) in [6, 6.07) is 13.3. The Bertz CT molecular complexity index is 1050. The molecule has 1 heterocycles. The molecule has 0 aliphatic carbocycles. The average Bonchev–Trinajstić information content (AvgIpc) is 3.03. The Hall–Kier alpha value is -2.86. The highest BCUT2D eigenvalue weighted by atomic mass is 35.5. The molecule has 3 aromatic rings. The molecule has 0 saturated heterocycles. The molecular formula is C23H26ClFN4O. The van der Waals surface area contributed by atoms with Crippen molar-refractivity contribution < 1.29 is 9.18 Å². The zero-order chi connectivity index (χ0) is 21.8. The molecule has 0 aliphatic rings. The largest absolute Gasteiger partial charge is 0.362 e. The SMILES string of the molecule is CCCN(Cc1c(C)nn(-c2cccc(Cl)c2)c1N(C)C)C(=O)c1cccc(F)c1. The molecule has 0 spiro atoms. The van der Waals surface area contributed by atoms with Crippen LogP contribution in [0.5, 0.6) is 0 Å². The van der Waals surface area contributed by atoms with E-state index in [2.05, 4.69) is 0 Å². The summed E-state index contributed by atoms with van der Waals surface area (Å²) in [7, 11) is 3.89. The highest BCUT2D eigenvalue weighted by molar-refractivity contribution is 6.30. The van der Waals surface area contributed by atoms with Gasteiger partial charge in [0.1, 0.15) is 11.6 Å². The maximum atomic E-state index is 13.7. The normalized spacial score (nSPS) is 10.9. The predicted molar refractivity (Wildman–Crippen MR) is 119 cm³/mol. The van der Waals surface area contributed by atoms with Crippen molar-refractivity contribution in [2.75, 3.05) is 25.5 Å². The number of carbonyl (C=O) groups excluding carboxylic acids is 1. The lowest BCUT2D eigenvalue weighted by molar-refractivity contribution is 0.0742. The lowest BCUT2D eigenvalue weighted by Crippen LogP contribution is -2.32. The van der Waals surface area contributed by atoms with Gasteiger partial charge in [0, 0.05) is 36.8 Å². The molecule has 5 nitrogen and oxygen atoms in total. The Morgan fingerprint density at radius 2 is 1.90 bits per heavy atom. The summed E-state index contributed by atoms with van der Waals surface area (Å²) in [5.41, 5.74) is 2.96. The standard InChI is InChI=1S/C23H26ClFN4O/c1-5-12-28(23(30)17-8-6-10-19(25)13-17)15-21-16(2)26-29(22(21)27(3)4)20-11-7-9-18(24)14-20/h6-11,13-14H,5,12,15H2,1-4H3. The molecule has 2 aromatic carbocycles. The summed E-state index contributed by atoms with van der Waals surface area (Å²) in [6.45, 7) is 4.88. The van der Waals surface area contributed by atoms with Crippen molar-refractivity contribution in [2.45, 2.75) is 26.8 Å². The Morgan fingerprint density at radius 3 is 2.53 bits per heavy atom. The van der Waals surface area contributed by atoms with Crippen LogP contribution in [0.25, 0.3) is 5.69 Å². The molecule has 158 valence electrons. The van der Waals surface area contributed by atoms with E-state index in [1.807, 2.05) is 61.8 Å². The number of hydrogen-bond donors (Lipinski definition) is 0. The molecule has 0 bridgehead atoms. The first-order chi connectivity index (χ1) is 14.3. The third-order valence-corrected chi connectivity index (χ3v) is 5.07. The van der Waals surface area contributed by atoms with Gasteiger partial charge >= 0.3 is 0 Å². The van der Waals surface area contributed by atoms with E-state index in [1.165, 1.54) is 12.1 Å². The number of hydrogen-bond acceptors (Lipinski definition) is 3. The molecule has 0 saturated carbocycles. The Balaban J connectivity index is 2.02. The van der Waals surface area contributed by atoms with E-state index in [4.69, 9.17) is 16.7 Å². The number of carbonyl (C=O) groups is 1. The zero-order valence-electron chi connectivity index (χ0n) is 17.7. The van der Waals surface area contributed by atoms with Gasteiger partial charge in [0.15, 0.2) is 0 Å². The van der Waals surface area contributed by atoms with E-state index in [0.717, 1.165) is 29.2 Å². The fourth-order valence-electron chi connectivity index (χ4n) is 3.50. The topological polar surface area (TPSA) is 41.4 Å². The average molecular weight is 429 g/mol. The van der Waals surface area contributed by atoms with Gasteiger partial charge in [0.25, 0.3) is 5.91 Å². The number of rotatable bonds is 7. The molecule has 1 amide bonds.